The van der Waals surface area contributed by atoms with E-state index < -0.39 is 15.6 Å². The lowest BCUT2D eigenvalue weighted by Gasteiger charge is -2.10. The highest BCUT2D eigenvalue weighted by atomic mass is 35.5. The van der Waals surface area contributed by atoms with E-state index in [1.807, 2.05) is 0 Å². The van der Waals surface area contributed by atoms with Crippen LogP contribution in [0.5, 0.6) is 5.75 Å². The average Bonchev–Trinajstić information content (AvgIpc) is 3.53. The molecule has 14 heteroatoms. The minimum absolute atomic E-state index is 0.0423. The molecule has 3 aromatic heterocycles. The average molecular weight is 549 g/mol. The van der Waals surface area contributed by atoms with Gasteiger partial charge < -0.3 is 10.1 Å². The minimum Gasteiger partial charge on any atom is -0.487 e. The van der Waals surface area contributed by atoms with Crippen molar-refractivity contribution >= 4 is 38.9 Å². The Hall–Kier alpha value is -3.52. The highest BCUT2D eigenvalue weighted by Crippen LogP contribution is 2.21. The van der Waals surface area contributed by atoms with E-state index in [0.29, 0.717) is 26.3 Å². The molecule has 188 valence electrons. The molecule has 0 spiro atoms. The molecule has 4 rings (SSSR count). The first-order valence-corrected chi connectivity index (χ1v) is 13.4. The Morgan fingerprint density at radius 2 is 1.89 bits per heavy atom. The molecule has 2 N–H and O–H groups in total. The van der Waals surface area contributed by atoms with Crippen LogP contribution in [0, 0.1) is 0 Å². The maximum Gasteiger partial charge on any atom is 0.297 e. The summed E-state index contributed by atoms with van der Waals surface area (Å²) in [7, 11) is -2.12. The number of thiophene rings is 1. The van der Waals surface area contributed by atoms with Crippen molar-refractivity contribution in [3.8, 4) is 17.1 Å². The van der Waals surface area contributed by atoms with Gasteiger partial charge in [-0.05, 0) is 55.6 Å². The number of hydrogen-bond acceptors (Lipinski definition) is 8. The fourth-order valence-electron chi connectivity index (χ4n) is 3.12. The van der Waals surface area contributed by atoms with E-state index in [9.17, 15) is 18.0 Å². The number of pyridine rings is 1. The number of carbonyl (C=O) groups is 1. The quantitative estimate of drug-likeness (QED) is 0.309. The zero-order chi connectivity index (χ0) is 25.7. The first-order valence-electron chi connectivity index (χ1n) is 10.6. The second-order valence-corrected chi connectivity index (χ2v) is 11.1. The second kappa shape index (κ2) is 11.0. The van der Waals surface area contributed by atoms with E-state index in [0.717, 1.165) is 0 Å². The molecule has 0 bridgehead atoms. The summed E-state index contributed by atoms with van der Waals surface area (Å²) in [5.74, 6) is -0.467. The zero-order valence-electron chi connectivity index (χ0n) is 18.9. The number of carbonyl (C=O) groups excluding carboxylic acids is 1. The molecular formula is C22H21ClN6O5S2. The molecule has 0 aliphatic rings. The standard InChI is InChI=1S/C22H21ClN6O5S2/c1-24-36(32,33)12-11-34-18-3-2-10-28(22(18)31)16-4-6-17(7-5-16)29-14-15(26-27-29)13-25-21(30)19-8-9-20(23)35-19/h2-10,14,24H,11-13H2,1H3,(H,25,30). The number of benzene rings is 1. The molecule has 0 aliphatic heterocycles. The van der Waals surface area contributed by atoms with Crippen LogP contribution >= 0.6 is 22.9 Å². The Bertz CT molecular complexity index is 1530. The number of hydrogen-bond donors (Lipinski definition) is 2. The minimum atomic E-state index is -3.44. The molecule has 36 heavy (non-hydrogen) atoms. The summed E-state index contributed by atoms with van der Waals surface area (Å²) in [6.07, 6.45) is 3.28. The maximum atomic E-state index is 12.8. The van der Waals surface area contributed by atoms with E-state index in [-0.39, 0.29) is 30.6 Å². The summed E-state index contributed by atoms with van der Waals surface area (Å²) in [5, 5.41) is 10.9. The Morgan fingerprint density at radius 3 is 2.58 bits per heavy atom. The van der Waals surface area contributed by atoms with Gasteiger partial charge in [0, 0.05) is 11.9 Å². The van der Waals surface area contributed by atoms with Gasteiger partial charge in [-0.25, -0.2) is 17.8 Å². The fraction of sp³-hybridized carbons (Fsp3) is 0.182. The molecule has 0 radical (unpaired) electrons. The van der Waals surface area contributed by atoms with E-state index in [1.54, 1.807) is 59.5 Å². The molecule has 0 aliphatic carbocycles. The van der Waals surface area contributed by atoms with Crippen molar-refractivity contribution in [3.63, 3.8) is 0 Å². The summed E-state index contributed by atoms with van der Waals surface area (Å²) < 4.78 is 34.1. The van der Waals surface area contributed by atoms with Crippen LogP contribution in [0.25, 0.3) is 11.4 Å². The van der Waals surface area contributed by atoms with Crippen molar-refractivity contribution in [1.29, 1.82) is 0 Å². The van der Waals surface area contributed by atoms with Gasteiger partial charge >= 0.3 is 0 Å². The van der Waals surface area contributed by atoms with Gasteiger partial charge in [0.25, 0.3) is 11.5 Å². The predicted octanol–water partition coefficient (Wildman–Crippen LogP) is 1.99. The van der Waals surface area contributed by atoms with Crippen molar-refractivity contribution in [2.75, 3.05) is 19.4 Å². The molecule has 0 fully saturated rings. The molecule has 0 saturated carbocycles. The first-order chi connectivity index (χ1) is 17.3. The van der Waals surface area contributed by atoms with Crippen molar-refractivity contribution in [1.82, 2.24) is 29.6 Å². The molecule has 1 aromatic carbocycles. The lowest BCUT2D eigenvalue weighted by atomic mass is 10.2. The third kappa shape index (κ3) is 6.18. The number of ether oxygens (including phenoxy) is 1. The topological polar surface area (TPSA) is 137 Å². The van der Waals surface area contributed by atoms with E-state index in [2.05, 4.69) is 20.4 Å². The van der Waals surface area contributed by atoms with Crippen molar-refractivity contribution in [3.05, 3.63) is 86.2 Å². The van der Waals surface area contributed by atoms with Crippen LogP contribution in [-0.4, -0.2) is 53.3 Å². The van der Waals surface area contributed by atoms with Gasteiger partial charge in [0.15, 0.2) is 5.75 Å². The highest BCUT2D eigenvalue weighted by Gasteiger charge is 2.12. The molecular weight excluding hydrogens is 528 g/mol. The third-order valence-electron chi connectivity index (χ3n) is 4.99. The van der Waals surface area contributed by atoms with Crippen LogP contribution < -0.4 is 20.3 Å². The van der Waals surface area contributed by atoms with Gasteiger partial charge in [0.05, 0.1) is 33.4 Å². The second-order valence-electron chi connectivity index (χ2n) is 7.38. The van der Waals surface area contributed by atoms with Gasteiger partial charge in [-0.15, -0.1) is 16.4 Å². The summed E-state index contributed by atoms with van der Waals surface area (Å²) in [6, 6.07) is 13.4. The zero-order valence-corrected chi connectivity index (χ0v) is 21.3. The van der Waals surface area contributed by atoms with E-state index >= 15 is 0 Å². The Balaban J connectivity index is 1.41. The molecule has 3 heterocycles. The normalized spacial score (nSPS) is 11.4. The van der Waals surface area contributed by atoms with Gasteiger partial charge in [0.2, 0.25) is 10.0 Å². The molecule has 1 amide bonds. The third-order valence-corrected chi connectivity index (χ3v) is 7.55. The van der Waals surface area contributed by atoms with Gasteiger partial charge in [-0.3, -0.25) is 14.2 Å². The molecule has 11 nitrogen and oxygen atoms in total. The van der Waals surface area contributed by atoms with Crippen LogP contribution in [-0.2, 0) is 16.6 Å². The Morgan fingerprint density at radius 1 is 1.14 bits per heavy atom. The molecule has 4 aromatic rings. The SMILES string of the molecule is CNS(=O)(=O)CCOc1cccn(-c2ccc(-n3cc(CNC(=O)c4ccc(Cl)s4)nn3)cc2)c1=O. The number of amides is 1. The maximum absolute atomic E-state index is 12.8. The van der Waals surface area contributed by atoms with E-state index in [1.165, 1.54) is 29.0 Å². The van der Waals surface area contributed by atoms with Crippen LogP contribution in [0.15, 0.2) is 65.7 Å². The largest absolute Gasteiger partial charge is 0.487 e. The van der Waals surface area contributed by atoms with Crippen molar-refractivity contribution < 1.29 is 17.9 Å². The Kier molecular flexibility index (Phi) is 7.84. The summed E-state index contributed by atoms with van der Waals surface area (Å²) in [6.45, 7) is 0.0434. The molecule has 0 atom stereocenters. The number of rotatable bonds is 10. The number of sulfonamides is 1. The number of aromatic nitrogens is 4. The van der Waals surface area contributed by atoms with E-state index in [4.69, 9.17) is 16.3 Å². The van der Waals surface area contributed by atoms with Crippen LogP contribution in [0.4, 0.5) is 0 Å². The molecule has 0 saturated heterocycles. The van der Waals surface area contributed by atoms with Gasteiger partial charge in [0.1, 0.15) is 12.3 Å². The predicted molar refractivity (Wildman–Crippen MR) is 136 cm³/mol. The monoisotopic (exact) mass is 548 g/mol. The molecule has 0 unspecified atom stereocenters. The lowest BCUT2D eigenvalue weighted by molar-refractivity contribution is 0.0954. The fourth-order valence-corrected chi connectivity index (χ4v) is 4.58. The summed E-state index contributed by atoms with van der Waals surface area (Å²) >= 11 is 7.06. The van der Waals surface area contributed by atoms with Crippen molar-refractivity contribution in [2.24, 2.45) is 0 Å². The number of nitrogens with zero attached hydrogens (tertiary/aromatic N) is 4. The lowest BCUT2D eigenvalue weighted by Crippen LogP contribution is -2.27. The van der Waals surface area contributed by atoms with Crippen molar-refractivity contribution in [2.45, 2.75) is 6.54 Å². The Labute approximate surface area is 215 Å². The summed E-state index contributed by atoms with van der Waals surface area (Å²) in [4.78, 5) is 25.5. The smallest absolute Gasteiger partial charge is 0.297 e. The van der Waals surface area contributed by atoms with Crippen LogP contribution in [0.2, 0.25) is 4.34 Å². The number of nitrogens with one attached hydrogen (secondary N) is 2. The van der Waals surface area contributed by atoms with Gasteiger partial charge in [-0.1, -0.05) is 16.8 Å². The van der Waals surface area contributed by atoms with Crippen LogP contribution in [0.3, 0.4) is 0 Å². The van der Waals surface area contributed by atoms with Crippen LogP contribution in [0.1, 0.15) is 15.4 Å². The van der Waals surface area contributed by atoms with Gasteiger partial charge in [-0.2, -0.15) is 0 Å². The summed E-state index contributed by atoms with van der Waals surface area (Å²) in [5.41, 5.74) is 1.43. The first kappa shape index (κ1) is 25.6. The highest BCUT2D eigenvalue weighted by molar-refractivity contribution is 7.89. The number of halogens is 1.